The van der Waals surface area contributed by atoms with Crippen LogP contribution in [0.3, 0.4) is 0 Å². The Kier molecular flexibility index (Phi) is 37.1. The molecule has 2 aromatic rings. The lowest BCUT2D eigenvalue weighted by Crippen LogP contribution is -2.55. The number of aliphatic imine (C=N–C) groups is 1. The number of aliphatic hydroxyl groups is 7. The summed E-state index contributed by atoms with van der Waals surface area (Å²) in [6, 6.07) is 0. The van der Waals surface area contributed by atoms with E-state index in [1.165, 1.54) is 25.4 Å². The molecule has 4 unspecified atom stereocenters. The van der Waals surface area contributed by atoms with Crippen molar-refractivity contribution in [2.24, 2.45) is 21.0 Å². The van der Waals surface area contributed by atoms with E-state index in [1.54, 1.807) is 0 Å². The van der Waals surface area contributed by atoms with Crippen molar-refractivity contribution in [1.29, 1.82) is 0 Å². The van der Waals surface area contributed by atoms with Crippen molar-refractivity contribution in [3.05, 3.63) is 142 Å². The second-order valence-corrected chi connectivity index (χ2v) is 42.4. The number of hydrogen-bond donors (Lipinski definition) is 26. The SMILES string of the molecule is C=C1N=C(N)C=CN1[C@@H]1O[C@](CN=[N+]=[N-])(COP(=O)(O)OP(=O)(O)OP(=O)(O)O)[C@@H](O)[C@H]1F.C=C1NC(=O)C=CN1[C@@H]1O[C@](CF)(COP(=O)(O)O)[C@@H](O)[C@@]1(C)O.C=C1NC(=O)C=CN1[C@@H]1O[C@](CN=[N+]=[N-])(COP(=O)(O)OP(=O)(O)OP(=O)(O)O)[C@@H](O)[C@H]1F.C=C1NC(=O)C=CN1[C@@H]1O[C@](F)(COP(=O)(O)O)[C@@H](O)[C@@]1(C)O.Cc1nc2c(ncn2[C@@H]2O[C@](F)(COP(=O)(O)O)[C@@H](O)[C@@]2(C)F)c(=O)[nH]1. The van der Waals surface area contributed by atoms with E-state index in [9.17, 15) is 138 Å². The van der Waals surface area contributed by atoms with E-state index >= 15 is 4.39 Å². The minimum absolute atomic E-state index is 0.00513. The number of amides is 3. The molecule has 0 aromatic carbocycles. The molecule has 0 bridgehead atoms. The van der Waals surface area contributed by atoms with Crippen LogP contribution in [0.5, 0.6) is 0 Å². The summed E-state index contributed by atoms with van der Waals surface area (Å²) in [6.07, 6.45) is -13.6. The van der Waals surface area contributed by atoms with Crippen LogP contribution in [0.1, 0.15) is 32.8 Å². The highest BCUT2D eigenvalue weighted by Crippen LogP contribution is 2.68. The summed E-state index contributed by atoms with van der Waals surface area (Å²) in [5.74, 6) is -8.04. The van der Waals surface area contributed by atoms with Crippen molar-refractivity contribution >= 4 is 105 Å². The Morgan fingerprint density at radius 1 is 0.504 bits per heavy atom. The van der Waals surface area contributed by atoms with Crippen LogP contribution in [-0.2, 0) is 119 Å². The van der Waals surface area contributed by atoms with Gasteiger partial charge in [0.1, 0.15) is 102 Å². The number of imidazole rings is 1. The van der Waals surface area contributed by atoms with E-state index in [0.717, 1.165) is 81.9 Å². The second-order valence-electron chi connectivity index (χ2n) is 29.8. The number of phosphoric acid groups is 9. The van der Waals surface area contributed by atoms with Gasteiger partial charge in [-0.1, -0.05) is 36.5 Å². The Hall–Kier alpha value is -7.78. The number of aromatic amines is 1. The van der Waals surface area contributed by atoms with Crippen LogP contribution in [-0.4, -0.2) is 333 Å². The first kappa shape index (κ1) is 118. The number of carbonyl (C=O) groups is 3. The van der Waals surface area contributed by atoms with Crippen molar-refractivity contribution in [3.63, 3.8) is 0 Å². The molecule has 2 aromatic heterocycles. The third-order valence-electron chi connectivity index (χ3n) is 19.2. The molecule has 9 aliphatic rings. The molecule has 82 heteroatoms. The van der Waals surface area contributed by atoms with E-state index in [0.29, 0.717) is 0 Å². The number of aromatic nitrogens is 4. The average molecular weight is 2200 g/mol. The third-order valence-corrected chi connectivity index (χ3v) is 28.2. The van der Waals surface area contributed by atoms with Gasteiger partial charge in [-0.2, -0.15) is 17.2 Å². The molecule has 0 radical (unpaired) electrons. The number of nitrogens with zero attached hydrogens (tertiary/aromatic N) is 14. The normalized spacial score (nSPS) is 33.7. The predicted molar refractivity (Wildman–Crippen MR) is 433 cm³/mol. The van der Waals surface area contributed by atoms with E-state index in [2.05, 4.69) is 122 Å². The van der Waals surface area contributed by atoms with E-state index in [4.69, 9.17) is 89.4 Å². The highest BCUT2D eigenvalue weighted by atomic mass is 31.3. The lowest BCUT2D eigenvalue weighted by molar-refractivity contribution is -0.207. The topological polar surface area (TPSA) is 1010 Å². The van der Waals surface area contributed by atoms with Gasteiger partial charge in [0.15, 0.2) is 72.0 Å². The zero-order valence-electron chi connectivity index (χ0n) is 70.2. The van der Waals surface area contributed by atoms with E-state index < -0.39 is 266 Å². The van der Waals surface area contributed by atoms with Crippen molar-refractivity contribution in [3.8, 4) is 0 Å². The molecule has 139 heavy (non-hydrogen) atoms. The van der Waals surface area contributed by atoms with Crippen molar-refractivity contribution in [2.75, 3.05) is 52.8 Å². The maximum atomic E-state index is 15.0. The molecule has 0 saturated carbocycles. The molecule has 0 spiro atoms. The summed E-state index contributed by atoms with van der Waals surface area (Å²) in [4.78, 5) is 193. The number of halogens is 6. The Bertz CT molecular complexity index is 5830. The number of carbonyl (C=O) groups excluding carboxylic acids is 3. The standard InChI is InChI=1S/C12H15F2N4O7P.C12H18FN2O8P.C11H18FN6O12P3.C11H17FN5O13P3.C11H16FN2O8P/c1-5-16-7-6(8(19)17-5)15-4-18(7)10-11(2,13)9(20)12(14,25-10)3-24-26(21,22)23;1-7-14-8(16)3-4-15(7)10-11(2,18)9(17)12(5-13,23-10)6-22-24(19,20)21;1-6-16-7(13)2-3-18(6)10-8(12)9(19)11(28-10,4-15-17-14)5-27-32(23,24)30-33(25,26)29-31(20,21)22;1-6-15-7(18)2-3-17(6)10-8(12)9(19)11(28-10,4-14-16-13)5-27-32(23,24)30-33(25,26)29-31(20,21)22;1-6-13-7(15)3-4-14(6)9-10(2,17)8(16)11(12,22-9)5-21-23(18,19)20/h4,9-10,20H,3H2,1-2H3,(H,16,17,19)(H2,21,22,23);3-4,9-10,17-18H,1,5-6H2,2H3,(H,14,16)(H2,19,20,21);2-3,8-10,19H,1,4-5H2,(H2,13,16)(H,23,24)(H,25,26)(H2,20,21,22);2-3,8-10,19H,1,4-5H2,(H,15,18)(H,23,24)(H,25,26)(H2,20,21,22);3-4,8-9,16-17H,1,5H2,2H3,(H,13,15)(H2,18,19,20)/t2*9-,10+,11+,12+;2*8-,9+,10-,11-;8-,9+,10+,11+/m00110/s1. The van der Waals surface area contributed by atoms with Crippen molar-refractivity contribution in [2.45, 2.75) is 147 Å². The quantitative estimate of drug-likeness (QED) is 0.0112. The molecule has 5 fully saturated rings. The van der Waals surface area contributed by atoms with Gasteiger partial charge in [-0.15, -0.1) is 0 Å². The molecule has 27 N–H and O–H groups in total. The fourth-order valence-corrected chi connectivity index (χ4v) is 20.2. The lowest BCUT2D eigenvalue weighted by Gasteiger charge is -2.37. The predicted octanol–water partition coefficient (Wildman–Crippen LogP) is -2.90. The first-order valence-corrected chi connectivity index (χ1v) is 50.5. The lowest BCUT2D eigenvalue weighted by atomic mass is 9.88. The number of rotatable bonds is 33. The summed E-state index contributed by atoms with van der Waals surface area (Å²) in [7, 11) is -49.3. The van der Waals surface area contributed by atoms with Gasteiger partial charge in [0.25, 0.3) is 35.0 Å². The van der Waals surface area contributed by atoms with Gasteiger partial charge < -0.3 is 174 Å². The highest BCUT2D eigenvalue weighted by Gasteiger charge is 2.69. The Morgan fingerprint density at radius 2 is 0.871 bits per heavy atom. The molecule has 24 atom stereocenters. The molecule has 0 aliphatic carbocycles. The molecule has 67 nitrogen and oxygen atoms in total. The number of azide groups is 2. The molecule has 11 rings (SSSR count). The first-order chi connectivity index (χ1) is 63.2. The van der Waals surface area contributed by atoms with Crippen molar-refractivity contribution < 1.29 is 250 Å². The number of aliphatic hydroxyl groups excluding tert-OH is 5. The van der Waals surface area contributed by atoms with Gasteiger partial charge in [0.2, 0.25) is 0 Å². The van der Waals surface area contributed by atoms with Crippen LogP contribution in [0.2, 0.25) is 0 Å². The molecule has 5 saturated heterocycles. The minimum atomic E-state index is -5.85. The number of nitrogens with one attached hydrogen (secondary N) is 4. The fraction of sp³-hybridized carbons (Fsp3) is 0.561. The summed E-state index contributed by atoms with van der Waals surface area (Å²) >= 11 is 0. The van der Waals surface area contributed by atoms with Gasteiger partial charge in [0.05, 0.1) is 39.2 Å². The van der Waals surface area contributed by atoms with Crippen LogP contribution in [0.25, 0.3) is 32.0 Å². The highest BCUT2D eigenvalue weighted by molar-refractivity contribution is 7.67. The number of amidine groups is 1. The van der Waals surface area contributed by atoms with Crippen LogP contribution in [0, 0.1) is 6.92 Å². The van der Waals surface area contributed by atoms with Crippen molar-refractivity contribution in [1.82, 2.24) is 55.1 Å². The van der Waals surface area contributed by atoms with Crippen LogP contribution < -0.4 is 27.2 Å². The van der Waals surface area contributed by atoms with Gasteiger partial charge in [-0.25, -0.2) is 82.4 Å². The number of alkyl halides is 6. The number of phosphoric ester groups is 5. The fourth-order valence-electron chi connectivity index (χ4n) is 13.0. The number of nitrogens with two attached hydrogens (primary N) is 1. The first-order valence-electron chi connectivity index (χ1n) is 36.8. The monoisotopic (exact) mass is 2200 g/mol. The number of aryl methyl sites for hydroxylation is 1. The average Bonchev–Trinajstić information content (AvgIpc) is 1.59. The molecular formula is C57H84F6N19O48P9. The smallest absolute Gasteiger partial charge is 0.387 e. The molecule has 782 valence electrons. The number of H-pyrrole nitrogens is 1. The Labute approximate surface area is 770 Å². The Morgan fingerprint density at radius 3 is 1.26 bits per heavy atom. The number of hydrogen-bond acceptors (Lipinski definition) is 44. The van der Waals surface area contributed by atoms with Crippen LogP contribution in [0.15, 0.2) is 125 Å². The van der Waals surface area contributed by atoms with Crippen LogP contribution in [0.4, 0.5) is 26.3 Å². The largest absolute Gasteiger partial charge is 0.490 e. The van der Waals surface area contributed by atoms with E-state index in [1.807, 2.05) is 0 Å². The number of ether oxygens (including phenoxy) is 5. The molecular weight excluding hydrogens is 2110 g/mol. The van der Waals surface area contributed by atoms with E-state index in [-0.39, 0.29) is 46.1 Å². The molecule has 3 amide bonds. The van der Waals surface area contributed by atoms with Gasteiger partial charge in [-0.3, -0.25) is 46.4 Å². The van der Waals surface area contributed by atoms with Gasteiger partial charge in [-0.05, 0) is 44.8 Å². The van der Waals surface area contributed by atoms with Crippen LogP contribution >= 0.6 is 70.4 Å². The molecule has 9 aliphatic heterocycles. The zero-order valence-corrected chi connectivity index (χ0v) is 78.2. The van der Waals surface area contributed by atoms with Gasteiger partial charge in [0, 0.05) is 52.9 Å². The summed E-state index contributed by atoms with van der Waals surface area (Å²) in [5, 5.41) is 85.0. The summed E-state index contributed by atoms with van der Waals surface area (Å²) in [5.41, 5.74) is 7.80. The summed E-state index contributed by atoms with van der Waals surface area (Å²) < 4.78 is 251. The summed E-state index contributed by atoms with van der Waals surface area (Å²) in [6.45, 7) is 9.10. The second kappa shape index (κ2) is 43.6. The number of fused-ring (bicyclic) bond motifs is 1. The molecule has 11 heterocycles. The maximum absolute atomic E-state index is 15.0. The Balaban J connectivity index is 0.000000238. The third kappa shape index (κ3) is 29.8. The van der Waals surface area contributed by atoms with Gasteiger partial charge >= 0.3 is 70.4 Å². The maximum Gasteiger partial charge on any atom is 0.490 e. The zero-order chi connectivity index (χ0) is 106. The minimum Gasteiger partial charge on any atom is -0.387 e.